The zero-order valence-electron chi connectivity index (χ0n) is 20.7. The van der Waals surface area contributed by atoms with Crippen molar-refractivity contribution in [3.05, 3.63) is 87.6 Å². The summed E-state index contributed by atoms with van der Waals surface area (Å²) >= 11 is 1.77. The third-order valence-corrected chi connectivity index (χ3v) is 7.33. The van der Waals surface area contributed by atoms with Gasteiger partial charge < -0.3 is 24.8 Å². The molecule has 34 heavy (non-hydrogen) atoms. The third kappa shape index (κ3) is 5.22. The summed E-state index contributed by atoms with van der Waals surface area (Å²) < 4.78 is 0. The molecule has 0 spiro atoms. The van der Waals surface area contributed by atoms with Crippen molar-refractivity contribution >= 4 is 44.0 Å². The maximum Gasteiger partial charge on any atom is 3.00 e. The van der Waals surface area contributed by atoms with Gasteiger partial charge in [-0.05, 0) is 45.2 Å². The van der Waals surface area contributed by atoms with Gasteiger partial charge in [0.15, 0.2) is 0 Å². The molecule has 0 atom stereocenters. The number of halogens is 2. The SMILES string of the molecule is CC(C)(C)c1ccc2[cH-]c3c(C4=C(c5ccsc5)C=CC4)cc(C(C)(C)C)cc3c2c1.[Cl-].[Cl-].[Zr+3]. The molecule has 175 valence electrons. The molecule has 0 nitrogen and oxygen atoms in total. The summed E-state index contributed by atoms with van der Waals surface area (Å²) in [6.07, 6.45) is 5.63. The molecule has 5 rings (SSSR count). The molecular weight excluding hydrogens is 555 g/mol. The van der Waals surface area contributed by atoms with Crippen molar-refractivity contribution in [2.75, 3.05) is 0 Å². The maximum atomic E-state index is 2.46. The third-order valence-electron chi connectivity index (χ3n) is 6.64. The largest absolute Gasteiger partial charge is 3.00 e. The topological polar surface area (TPSA) is 0 Å². The monoisotopic (exact) mass is 583 g/mol. The maximum absolute atomic E-state index is 2.46. The van der Waals surface area contributed by atoms with E-state index in [-0.39, 0.29) is 61.8 Å². The summed E-state index contributed by atoms with van der Waals surface area (Å²) in [6.45, 7) is 13.9. The molecule has 0 bridgehead atoms. The smallest absolute Gasteiger partial charge is 1.00 e. The van der Waals surface area contributed by atoms with Crippen LogP contribution in [0.4, 0.5) is 0 Å². The van der Waals surface area contributed by atoms with Crippen molar-refractivity contribution in [2.24, 2.45) is 0 Å². The van der Waals surface area contributed by atoms with Crippen LogP contribution in [-0.4, -0.2) is 0 Å². The minimum atomic E-state index is 0. The fourth-order valence-corrected chi connectivity index (χ4v) is 5.36. The average molecular weight is 586 g/mol. The second-order valence-corrected chi connectivity index (χ2v) is 11.7. The molecule has 1 aliphatic rings. The Morgan fingerprint density at radius 2 is 1.50 bits per heavy atom. The van der Waals surface area contributed by atoms with Gasteiger partial charge in [0.1, 0.15) is 0 Å². The van der Waals surface area contributed by atoms with Crippen LogP contribution >= 0.6 is 11.3 Å². The van der Waals surface area contributed by atoms with Crippen molar-refractivity contribution < 1.29 is 51.0 Å². The van der Waals surface area contributed by atoms with E-state index in [1.165, 1.54) is 54.9 Å². The Bertz CT molecular complexity index is 1360. The number of benzene rings is 2. The minimum Gasteiger partial charge on any atom is -1.00 e. The quantitative estimate of drug-likeness (QED) is 0.317. The van der Waals surface area contributed by atoms with Gasteiger partial charge in [0.25, 0.3) is 0 Å². The number of hydrogen-bond donors (Lipinski definition) is 0. The van der Waals surface area contributed by atoms with Crippen LogP contribution in [0.15, 0.2) is 65.4 Å². The Morgan fingerprint density at radius 1 is 0.824 bits per heavy atom. The van der Waals surface area contributed by atoms with Gasteiger partial charge in [-0.1, -0.05) is 100 Å². The normalized spacial score (nSPS) is 13.7. The predicted octanol–water partition coefficient (Wildman–Crippen LogP) is 3.24. The van der Waals surface area contributed by atoms with Crippen LogP contribution in [0.1, 0.15) is 70.2 Å². The van der Waals surface area contributed by atoms with Crippen molar-refractivity contribution in [1.29, 1.82) is 0 Å². The molecule has 0 saturated heterocycles. The van der Waals surface area contributed by atoms with E-state index in [4.69, 9.17) is 0 Å². The van der Waals surface area contributed by atoms with Crippen LogP contribution in [-0.2, 0) is 37.0 Å². The Balaban J connectivity index is 0.00000136. The fourth-order valence-electron chi connectivity index (χ4n) is 4.70. The Kier molecular flexibility index (Phi) is 9.03. The molecule has 1 aromatic heterocycles. The molecule has 3 aromatic carbocycles. The van der Waals surface area contributed by atoms with Gasteiger partial charge in [-0.25, -0.2) is 0 Å². The number of fused-ring (bicyclic) bond motifs is 3. The van der Waals surface area contributed by atoms with Crippen LogP contribution in [0, 0.1) is 0 Å². The summed E-state index contributed by atoms with van der Waals surface area (Å²) in [4.78, 5) is 0. The Labute approximate surface area is 239 Å². The van der Waals surface area contributed by atoms with Crippen molar-refractivity contribution in [3.8, 4) is 0 Å². The second-order valence-electron chi connectivity index (χ2n) is 10.9. The molecule has 0 unspecified atom stereocenters. The van der Waals surface area contributed by atoms with E-state index >= 15 is 0 Å². The van der Waals surface area contributed by atoms with E-state index in [9.17, 15) is 0 Å². The van der Waals surface area contributed by atoms with Gasteiger partial charge in [-0.3, -0.25) is 0 Å². The van der Waals surface area contributed by atoms with Crippen molar-refractivity contribution in [1.82, 2.24) is 0 Å². The Morgan fingerprint density at radius 3 is 2.12 bits per heavy atom. The minimum absolute atomic E-state index is 0. The summed E-state index contributed by atoms with van der Waals surface area (Å²) in [5.41, 5.74) is 8.64. The summed E-state index contributed by atoms with van der Waals surface area (Å²) in [5.74, 6) is 0. The van der Waals surface area contributed by atoms with Gasteiger partial charge in [0.2, 0.25) is 0 Å². The van der Waals surface area contributed by atoms with E-state index in [2.05, 4.69) is 107 Å². The molecule has 0 fully saturated rings. The van der Waals surface area contributed by atoms with Crippen LogP contribution in [0.5, 0.6) is 0 Å². The molecule has 0 aliphatic heterocycles. The summed E-state index contributed by atoms with van der Waals surface area (Å²) in [6, 6.07) is 16.6. The van der Waals surface area contributed by atoms with Gasteiger partial charge in [-0.15, -0.1) is 33.7 Å². The van der Waals surface area contributed by atoms with Gasteiger partial charge in [-0.2, -0.15) is 11.3 Å². The summed E-state index contributed by atoms with van der Waals surface area (Å²) in [5, 5.41) is 9.97. The number of thiophene rings is 1. The first-order valence-electron chi connectivity index (χ1n) is 11.2. The number of allylic oxidation sites excluding steroid dienone is 4. The van der Waals surface area contributed by atoms with E-state index in [0.717, 1.165) is 6.42 Å². The van der Waals surface area contributed by atoms with Crippen molar-refractivity contribution in [3.63, 3.8) is 0 Å². The van der Waals surface area contributed by atoms with Gasteiger partial charge in [0.05, 0.1) is 0 Å². The van der Waals surface area contributed by atoms with Crippen LogP contribution < -0.4 is 24.8 Å². The molecule has 0 amide bonds. The zero-order valence-corrected chi connectivity index (χ0v) is 25.5. The molecule has 1 heterocycles. The molecule has 0 saturated carbocycles. The standard InChI is InChI=1S/C30H31S.2ClH.Zr/c1-29(2,3)21-11-10-19-14-26-27(24-9-7-8-23(24)20-12-13-31-18-20)16-22(30(4,5)6)17-28(26)25(19)15-21;;;/h7-8,10-18H,9H2,1-6H3;2*1H;/q-1;;;+3/p-2. The Hall–Kier alpha value is -1.05. The van der Waals surface area contributed by atoms with E-state index in [1.807, 2.05) is 0 Å². The van der Waals surface area contributed by atoms with E-state index in [0.29, 0.717) is 0 Å². The number of rotatable bonds is 2. The average Bonchev–Trinajstić information content (AvgIpc) is 3.43. The van der Waals surface area contributed by atoms with Crippen molar-refractivity contribution in [2.45, 2.75) is 58.8 Å². The zero-order chi connectivity index (χ0) is 22.0. The first kappa shape index (κ1) is 29.2. The summed E-state index contributed by atoms with van der Waals surface area (Å²) in [7, 11) is 0. The van der Waals surface area contributed by atoms with E-state index < -0.39 is 0 Å². The predicted molar refractivity (Wildman–Crippen MR) is 139 cm³/mol. The second kappa shape index (κ2) is 10.5. The molecular formula is C30H31Cl2SZr. The van der Waals surface area contributed by atoms with Gasteiger partial charge >= 0.3 is 26.2 Å². The van der Waals surface area contributed by atoms with Crippen LogP contribution in [0.25, 0.3) is 32.7 Å². The van der Waals surface area contributed by atoms with Crippen LogP contribution in [0.3, 0.4) is 0 Å². The molecule has 1 aliphatic carbocycles. The molecule has 4 heteroatoms. The van der Waals surface area contributed by atoms with Gasteiger partial charge in [0, 0.05) is 0 Å². The molecule has 4 aromatic rings. The molecule has 0 N–H and O–H groups in total. The number of hydrogen-bond acceptors (Lipinski definition) is 1. The van der Waals surface area contributed by atoms with E-state index in [1.54, 1.807) is 11.3 Å². The molecule has 1 radical (unpaired) electrons. The first-order valence-corrected chi connectivity index (χ1v) is 12.2. The fraction of sp³-hybridized carbons (Fsp3) is 0.300. The van der Waals surface area contributed by atoms with Crippen LogP contribution in [0.2, 0.25) is 0 Å². The first-order chi connectivity index (χ1) is 14.6.